The third-order valence-corrected chi connectivity index (χ3v) is 4.51. The number of aromatic nitrogens is 2. The summed E-state index contributed by atoms with van der Waals surface area (Å²) in [6.45, 7) is 7.83. The summed E-state index contributed by atoms with van der Waals surface area (Å²) in [7, 11) is 0. The Morgan fingerprint density at radius 2 is 2.16 bits per heavy atom. The first-order valence-corrected chi connectivity index (χ1v) is 7.79. The van der Waals surface area contributed by atoms with Crippen molar-refractivity contribution in [3.8, 4) is 0 Å². The minimum Gasteiger partial charge on any atom is -0.351 e. The van der Waals surface area contributed by atoms with Crippen LogP contribution in [0.2, 0.25) is 0 Å². The number of thioether (sulfide) groups is 1. The summed E-state index contributed by atoms with van der Waals surface area (Å²) in [5, 5.41) is 5.66. The molecule has 2 aromatic rings. The van der Waals surface area contributed by atoms with Gasteiger partial charge < -0.3 is 5.32 Å². The number of nitrogens with one attached hydrogen (secondary N) is 1. The van der Waals surface area contributed by atoms with Gasteiger partial charge in [-0.15, -0.1) is 11.3 Å². The number of thiophene rings is 1. The number of nitrogens with zero attached hydrogens (tertiary/aromatic N) is 2. The molecule has 1 amide bonds. The molecular formula is C13H17N3OS2. The highest BCUT2D eigenvalue weighted by atomic mass is 32.2. The number of hydrogen-bond acceptors (Lipinski definition) is 5. The van der Waals surface area contributed by atoms with Crippen molar-refractivity contribution in [3.05, 3.63) is 17.8 Å². The lowest BCUT2D eigenvalue weighted by molar-refractivity contribution is -0.121. The summed E-state index contributed by atoms with van der Waals surface area (Å²) < 4.78 is 1.04. The van der Waals surface area contributed by atoms with Gasteiger partial charge in [0.15, 0.2) is 0 Å². The molecule has 1 unspecified atom stereocenters. The van der Waals surface area contributed by atoms with Crippen molar-refractivity contribution in [1.82, 2.24) is 15.3 Å². The Kier molecular flexibility index (Phi) is 4.10. The Bertz CT molecular complexity index is 589. The molecule has 0 saturated heterocycles. The molecular weight excluding hydrogens is 278 g/mol. The van der Waals surface area contributed by atoms with E-state index in [0.29, 0.717) is 0 Å². The van der Waals surface area contributed by atoms with Gasteiger partial charge in [-0.25, -0.2) is 9.97 Å². The number of hydrogen-bond donors (Lipinski definition) is 1. The standard InChI is InChI=1S/C13H17N3OS2/c1-8(11(17)16-13(2,3)4)19-12-10-9(5-6-18-10)14-7-15-12/h5-8H,1-4H3,(H,16,17). The first kappa shape index (κ1) is 14.3. The van der Waals surface area contributed by atoms with Crippen LogP contribution < -0.4 is 5.32 Å². The van der Waals surface area contributed by atoms with Crippen LogP contribution >= 0.6 is 23.1 Å². The summed E-state index contributed by atoms with van der Waals surface area (Å²) in [4.78, 5) is 20.5. The van der Waals surface area contributed by atoms with E-state index < -0.39 is 0 Å². The van der Waals surface area contributed by atoms with Crippen LogP contribution in [0, 0.1) is 0 Å². The maximum atomic E-state index is 12.1. The Balaban J connectivity index is 2.12. The van der Waals surface area contributed by atoms with Gasteiger partial charge in [0.2, 0.25) is 5.91 Å². The predicted molar refractivity (Wildman–Crippen MR) is 80.6 cm³/mol. The van der Waals surface area contributed by atoms with E-state index in [2.05, 4.69) is 15.3 Å². The van der Waals surface area contributed by atoms with Gasteiger partial charge in [0.05, 0.1) is 15.5 Å². The van der Waals surface area contributed by atoms with Crippen LogP contribution in [0.4, 0.5) is 0 Å². The minimum atomic E-state index is -0.212. The van der Waals surface area contributed by atoms with Crippen LogP contribution in [-0.4, -0.2) is 26.7 Å². The first-order chi connectivity index (χ1) is 8.87. The maximum Gasteiger partial charge on any atom is 0.233 e. The molecule has 102 valence electrons. The van der Waals surface area contributed by atoms with E-state index in [1.54, 1.807) is 17.7 Å². The lowest BCUT2D eigenvalue weighted by Crippen LogP contribution is -2.44. The number of amides is 1. The van der Waals surface area contributed by atoms with E-state index in [0.717, 1.165) is 15.2 Å². The minimum absolute atomic E-state index is 0.0285. The number of rotatable bonds is 3. The van der Waals surface area contributed by atoms with E-state index in [1.807, 2.05) is 39.1 Å². The van der Waals surface area contributed by atoms with E-state index in [4.69, 9.17) is 0 Å². The fourth-order valence-corrected chi connectivity index (χ4v) is 3.38. The quantitative estimate of drug-likeness (QED) is 0.698. The third kappa shape index (κ3) is 3.67. The molecule has 1 N–H and O–H groups in total. The van der Waals surface area contributed by atoms with Crippen molar-refractivity contribution in [2.45, 2.75) is 43.5 Å². The van der Waals surface area contributed by atoms with Crippen molar-refractivity contribution in [1.29, 1.82) is 0 Å². The Morgan fingerprint density at radius 1 is 1.42 bits per heavy atom. The summed E-state index contributed by atoms with van der Waals surface area (Å²) in [6.07, 6.45) is 1.55. The van der Waals surface area contributed by atoms with Gasteiger partial charge in [-0.1, -0.05) is 11.8 Å². The fraction of sp³-hybridized carbons (Fsp3) is 0.462. The van der Waals surface area contributed by atoms with Crippen LogP contribution in [-0.2, 0) is 4.79 Å². The molecule has 0 radical (unpaired) electrons. The second-order valence-electron chi connectivity index (χ2n) is 5.31. The molecule has 0 saturated carbocycles. The normalized spacial score (nSPS) is 13.5. The molecule has 4 nitrogen and oxygen atoms in total. The van der Waals surface area contributed by atoms with Crippen molar-refractivity contribution >= 4 is 39.2 Å². The van der Waals surface area contributed by atoms with E-state index in [1.165, 1.54) is 11.8 Å². The van der Waals surface area contributed by atoms with Crippen LogP contribution in [0.25, 0.3) is 10.2 Å². The van der Waals surface area contributed by atoms with Crippen LogP contribution in [0.3, 0.4) is 0 Å². The van der Waals surface area contributed by atoms with Crippen molar-refractivity contribution in [3.63, 3.8) is 0 Å². The van der Waals surface area contributed by atoms with Gasteiger partial charge in [0.1, 0.15) is 11.4 Å². The van der Waals surface area contributed by atoms with Gasteiger partial charge in [0, 0.05) is 5.54 Å². The zero-order chi connectivity index (χ0) is 14.0. The summed E-state index contributed by atoms with van der Waals surface area (Å²) >= 11 is 3.08. The summed E-state index contributed by atoms with van der Waals surface area (Å²) in [5.41, 5.74) is 0.724. The average Bonchev–Trinajstić information content (AvgIpc) is 2.75. The second-order valence-corrected chi connectivity index (χ2v) is 7.56. The molecule has 2 rings (SSSR count). The molecule has 0 spiro atoms. The molecule has 2 aromatic heterocycles. The van der Waals surface area contributed by atoms with Crippen molar-refractivity contribution in [2.24, 2.45) is 0 Å². The Hall–Kier alpha value is -1.14. The highest BCUT2D eigenvalue weighted by Gasteiger charge is 2.21. The SMILES string of the molecule is CC(Sc1ncnc2ccsc12)C(=O)NC(C)(C)C. The van der Waals surface area contributed by atoms with Gasteiger partial charge in [0.25, 0.3) is 0 Å². The number of carbonyl (C=O) groups is 1. The van der Waals surface area contributed by atoms with Gasteiger partial charge in [-0.2, -0.15) is 0 Å². The van der Waals surface area contributed by atoms with E-state index >= 15 is 0 Å². The Morgan fingerprint density at radius 3 is 2.84 bits per heavy atom. The Labute approximate surface area is 121 Å². The van der Waals surface area contributed by atoms with Crippen molar-refractivity contribution < 1.29 is 4.79 Å². The monoisotopic (exact) mass is 295 g/mol. The second kappa shape index (κ2) is 5.46. The molecule has 0 fully saturated rings. The maximum absolute atomic E-state index is 12.1. The van der Waals surface area contributed by atoms with E-state index in [-0.39, 0.29) is 16.7 Å². The average molecular weight is 295 g/mol. The highest BCUT2D eigenvalue weighted by molar-refractivity contribution is 8.00. The van der Waals surface area contributed by atoms with Gasteiger partial charge in [-0.3, -0.25) is 4.79 Å². The van der Waals surface area contributed by atoms with Crippen LogP contribution in [0.5, 0.6) is 0 Å². The van der Waals surface area contributed by atoms with E-state index in [9.17, 15) is 4.79 Å². The van der Waals surface area contributed by atoms with Crippen molar-refractivity contribution in [2.75, 3.05) is 0 Å². The highest BCUT2D eigenvalue weighted by Crippen LogP contribution is 2.31. The van der Waals surface area contributed by atoms with Crippen LogP contribution in [0.1, 0.15) is 27.7 Å². The molecule has 19 heavy (non-hydrogen) atoms. The zero-order valence-electron chi connectivity index (χ0n) is 11.4. The first-order valence-electron chi connectivity index (χ1n) is 6.04. The number of carbonyl (C=O) groups excluding carboxylic acids is 1. The summed E-state index contributed by atoms with van der Waals surface area (Å²) in [6, 6.07) is 1.96. The smallest absolute Gasteiger partial charge is 0.233 e. The van der Waals surface area contributed by atoms with Gasteiger partial charge in [-0.05, 0) is 39.1 Å². The molecule has 0 aliphatic rings. The predicted octanol–water partition coefficient (Wildman–Crippen LogP) is 3.09. The molecule has 0 aliphatic carbocycles. The zero-order valence-corrected chi connectivity index (χ0v) is 13.1. The molecule has 6 heteroatoms. The molecule has 0 aliphatic heterocycles. The molecule has 1 atom stereocenters. The topological polar surface area (TPSA) is 54.9 Å². The number of fused-ring (bicyclic) bond motifs is 1. The summed E-state index contributed by atoms with van der Waals surface area (Å²) in [5.74, 6) is 0.0285. The van der Waals surface area contributed by atoms with Crippen LogP contribution in [0.15, 0.2) is 22.8 Å². The third-order valence-electron chi connectivity index (χ3n) is 2.37. The lowest BCUT2D eigenvalue weighted by Gasteiger charge is -2.22. The van der Waals surface area contributed by atoms with Gasteiger partial charge >= 0.3 is 0 Å². The fourth-order valence-electron chi connectivity index (χ4n) is 1.54. The molecule has 0 aromatic carbocycles. The molecule has 2 heterocycles. The molecule has 0 bridgehead atoms. The largest absolute Gasteiger partial charge is 0.351 e. The lowest BCUT2D eigenvalue weighted by atomic mass is 10.1.